The van der Waals surface area contributed by atoms with Crippen LogP contribution in [0.4, 0.5) is 0 Å². The van der Waals surface area contributed by atoms with E-state index in [4.69, 9.17) is 0 Å². The van der Waals surface area contributed by atoms with E-state index < -0.39 is 6.04 Å². The van der Waals surface area contributed by atoms with E-state index in [9.17, 15) is 24.0 Å². The second-order valence-electron chi connectivity index (χ2n) is 19.8. The molecule has 8 nitrogen and oxygen atoms in total. The summed E-state index contributed by atoms with van der Waals surface area (Å²) in [5, 5.41) is 0. The highest BCUT2D eigenvalue weighted by Gasteiger charge is 2.43. The molecule has 2 fully saturated rings. The zero-order valence-electron chi connectivity index (χ0n) is 40.6. The summed E-state index contributed by atoms with van der Waals surface area (Å²) in [6, 6.07) is -0.687. The van der Waals surface area contributed by atoms with Crippen LogP contribution in [-0.4, -0.2) is 69.9 Å². The normalized spacial score (nSPS) is 21.5. The van der Waals surface area contributed by atoms with Crippen molar-refractivity contribution in [2.75, 3.05) is 19.6 Å². The Hall–Kier alpha value is -2.77. The Morgan fingerprint density at radius 1 is 0.548 bits per heavy atom. The lowest BCUT2D eigenvalue weighted by atomic mass is 9.61. The smallest absolute Gasteiger partial charge is 0.253 e. The van der Waals surface area contributed by atoms with Gasteiger partial charge >= 0.3 is 0 Å². The predicted molar refractivity (Wildman–Crippen MR) is 256 cm³/mol. The number of likely N-dealkylation sites (tertiary alicyclic amines) is 1. The number of nitrogens with zero attached hydrogens (tertiary/aromatic N) is 3. The van der Waals surface area contributed by atoms with Crippen molar-refractivity contribution in [3.63, 3.8) is 0 Å². The molecule has 3 aliphatic rings. The van der Waals surface area contributed by atoms with E-state index in [2.05, 4.69) is 27.4 Å². The fraction of sp³-hybridized carbons (Fsp3) is 0.833. The molecular weight excluding hydrogens is 771 g/mol. The van der Waals surface area contributed by atoms with Gasteiger partial charge in [-0.1, -0.05) is 188 Å². The number of carbonyl (C=O) groups is 5. The fourth-order valence-corrected chi connectivity index (χ4v) is 11.1. The van der Waals surface area contributed by atoms with Gasteiger partial charge in [0.2, 0.25) is 11.8 Å². The maximum absolute atomic E-state index is 13.5. The molecule has 5 unspecified atom stereocenters. The van der Waals surface area contributed by atoms with Crippen molar-refractivity contribution >= 4 is 29.5 Å². The summed E-state index contributed by atoms with van der Waals surface area (Å²) in [5.74, 6) is 2.60. The van der Waals surface area contributed by atoms with Crippen molar-refractivity contribution in [2.24, 2.45) is 23.7 Å². The quantitative estimate of drug-likeness (QED) is 0.0352. The highest BCUT2D eigenvalue weighted by molar-refractivity contribution is 6.12. The van der Waals surface area contributed by atoms with Crippen LogP contribution in [0.3, 0.4) is 0 Å². The first kappa shape index (κ1) is 53.6. The summed E-state index contributed by atoms with van der Waals surface area (Å²) >= 11 is 0. The molecule has 0 aromatic rings. The highest BCUT2D eigenvalue weighted by Crippen LogP contribution is 2.48. The van der Waals surface area contributed by atoms with E-state index in [1.165, 1.54) is 170 Å². The molecule has 1 saturated heterocycles. The van der Waals surface area contributed by atoms with Gasteiger partial charge in [-0.2, -0.15) is 0 Å². The zero-order valence-corrected chi connectivity index (χ0v) is 40.6. The Morgan fingerprint density at radius 3 is 1.40 bits per heavy atom. The number of amides is 5. The van der Waals surface area contributed by atoms with Gasteiger partial charge in [0.05, 0.1) is 6.42 Å². The topological polar surface area (TPSA) is 95.1 Å². The molecule has 0 aromatic carbocycles. The van der Waals surface area contributed by atoms with Crippen LogP contribution in [0.25, 0.3) is 0 Å². The first-order valence-corrected chi connectivity index (χ1v) is 26.5. The van der Waals surface area contributed by atoms with Gasteiger partial charge in [0.15, 0.2) is 0 Å². The third-order valence-electron chi connectivity index (χ3n) is 14.7. The summed E-state index contributed by atoms with van der Waals surface area (Å²) in [4.78, 5) is 67.7. The monoisotopic (exact) mass is 864 g/mol. The summed E-state index contributed by atoms with van der Waals surface area (Å²) in [6.45, 7) is 13.8. The molecule has 0 spiro atoms. The van der Waals surface area contributed by atoms with Gasteiger partial charge in [-0.15, -0.1) is 0 Å². The summed E-state index contributed by atoms with van der Waals surface area (Å²) in [6.07, 6.45) is 42.8. The van der Waals surface area contributed by atoms with Crippen LogP contribution >= 0.6 is 0 Å². The average Bonchev–Trinajstić information content (AvgIpc) is 3.73. The minimum atomic E-state index is -0.687. The van der Waals surface area contributed by atoms with E-state index in [-0.39, 0.29) is 36.0 Å². The maximum atomic E-state index is 13.5. The Labute approximate surface area is 380 Å². The first-order valence-electron chi connectivity index (χ1n) is 26.5. The van der Waals surface area contributed by atoms with E-state index >= 15 is 0 Å². The molecule has 62 heavy (non-hydrogen) atoms. The van der Waals surface area contributed by atoms with E-state index in [0.29, 0.717) is 25.2 Å². The molecule has 2 heterocycles. The van der Waals surface area contributed by atoms with Crippen LogP contribution in [0, 0.1) is 23.7 Å². The molecule has 8 heteroatoms. The largest absolute Gasteiger partial charge is 0.326 e. The second-order valence-corrected chi connectivity index (χ2v) is 19.8. The Morgan fingerprint density at radius 2 is 0.935 bits per heavy atom. The Balaban J connectivity index is 1.49. The summed E-state index contributed by atoms with van der Waals surface area (Å²) < 4.78 is 0. The van der Waals surface area contributed by atoms with Gasteiger partial charge < -0.3 is 4.90 Å². The van der Waals surface area contributed by atoms with Crippen LogP contribution < -0.4 is 0 Å². The van der Waals surface area contributed by atoms with E-state index in [1.54, 1.807) is 11.8 Å². The lowest BCUT2D eigenvalue weighted by Gasteiger charge is -2.44. The number of imide groups is 2. The molecule has 0 bridgehead atoms. The summed E-state index contributed by atoms with van der Waals surface area (Å²) in [7, 11) is 0. The first-order chi connectivity index (χ1) is 30.1. The lowest BCUT2D eigenvalue weighted by molar-refractivity contribution is -0.143. The number of hydrogen-bond acceptors (Lipinski definition) is 5. The van der Waals surface area contributed by atoms with E-state index in [0.717, 1.165) is 81.5 Å². The van der Waals surface area contributed by atoms with Crippen molar-refractivity contribution < 1.29 is 24.0 Å². The van der Waals surface area contributed by atoms with Gasteiger partial charge in [-0.05, 0) is 75.5 Å². The molecule has 3 rings (SSSR count). The number of hydrogen-bond donors (Lipinski definition) is 0. The minimum absolute atomic E-state index is 0.0958. The maximum Gasteiger partial charge on any atom is 0.253 e. The zero-order chi connectivity index (χ0) is 45.0. The minimum Gasteiger partial charge on any atom is -0.326 e. The molecule has 1 saturated carbocycles. The molecule has 2 aliphatic heterocycles. The van der Waals surface area contributed by atoms with Crippen LogP contribution in [0.1, 0.15) is 240 Å². The van der Waals surface area contributed by atoms with E-state index in [1.807, 2.05) is 0 Å². The summed E-state index contributed by atoms with van der Waals surface area (Å²) in [5.41, 5.74) is 0.417. The second kappa shape index (κ2) is 32.0. The molecular formula is C54H93N3O5. The van der Waals surface area contributed by atoms with Gasteiger partial charge in [0.1, 0.15) is 6.04 Å². The van der Waals surface area contributed by atoms with Crippen LogP contribution in [0.15, 0.2) is 24.3 Å². The third-order valence-corrected chi connectivity index (χ3v) is 14.7. The Bertz CT molecular complexity index is 1340. The average molecular weight is 864 g/mol. The van der Waals surface area contributed by atoms with Crippen LogP contribution in [-0.2, 0) is 24.0 Å². The molecule has 0 N–H and O–H groups in total. The molecule has 5 amide bonds. The number of rotatable bonds is 37. The van der Waals surface area contributed by atoms with Crippen molar-refractivity contribution in [1.82, 2.24) is 14.7 Å². The standard InChI is InChI=1S/C54H93N3O5/c1-6-9-12-15-21-27-34-47-45(32-25-13-10-7-2)36-37-46(33-26-20-16-18-23-30-41-56-50(58)38-39-51(56)59)48(47)35-28-22-17-19-24-31-42-57-52(60)43-49(54(57)62)55(53(61)44(4)5)40-29-14-11-8-3/h38-39,45-49H,4,6-37,40-43H2,1-3,5H3. The Kier molecular flexibility index (Phi) is 27.6. The highest BCUT2D eigenvalue weighted by atomic mass is 16.2. The van der Waals surface area contributed by atoms with Gasteiger partial charge in [0, 0.05) is 37.4 Å². The van der Waals surface area contributed by atoms with Gasteiger partial charge in [0.25, 0.3) is 17.7 Å². The van der Waals surface area contributed by atoms with Crippen molar-refractivity contribution in [2.45, 2.75) is 246 Å². The molecule has 0 radical (unpaired) electrons. The molecule has 1 aliphatic carbocycles. The third kappa shape index (κ3) is 19.1. The van der Waals surface area contributed by atoms with Crippen molar-refractivity contribution in [3.8, 4) is 0 Å². The van der Waals surface area contributed by atoms with Crippen molar-refractivity contribution in [1.29, 1.82) is 0 Å². The fourth-order valence-electron chi connectivity index (χ4n) is 11.1. The molecule has 354 valence electrons. The van der Waals surface area contributed by atoms with Crippen LogP contribution in [0.2, 0.25) is 0 Å². The molecule has 5 atom stereocenters. The predicted octanol–water partition coefficient (Wildman–Crippen LogP) is 13.5. The van der Waals surface area contributed by atoms with Crippen molar-refractivity contribution in [3.05, 3.63) is 24.3 Å². The SMILES string of the molecule is C=C(C)C(=O)N(CCCCCC)C1CC(=O)N(CCCCCCCCC2C(CCCCCCCCN3C(=O)C=CC3=O)CCC(CCCCCC)C2CCCCCCCC)C1=O. The van der Waals surface area contributed by atoms with Gasteiger partial charge in [-0.3, -0.25) is 33.8 Å². The number of carbonyl (C=O) groups excluding carboxylic acids is 5. The van der Waals surface area contributed by atoms with Gasteiger partial charge in [-0.25, -0.2) is 0 Å². The lowest BCUT2D eigenvalue weighted by Crippen LogP contribution is -2.46. The van der Waals surface area contributed by atoms with Crippen LogP contribution in [0.5, 0.6) is 0 Å². The molecule has 0 aromatic heterocycles. The number of unbranched alkanes of at least 4 members (excludes halogenated alkanes) is 21.